The van der Waals surface area contributed by atoms with Crippen LogP contribution in [0.1, 0.15) is 27.2 Å². The summed E-state index contributed by atoms with van der Waals surface area (Å²) < 4.78 is 22.6. The van der Waals surface area contributed by atoms with Crippen LogP contribution in [0.5, 0.6) is 0 Å². The lowest BCUT2D eigenvalue weighted by atomic mass is 9.56. The predicted octanol–water partition coefficient (Wildman–Crippen LogP) is 1.56. The number of hydrogen-bond acceptors (Lipinski definition) is 7. The normalized spacial score (nSPS) is 42.5. The summed E-state index contributed by atoms with van der Waals surface area (Å²) in [5.74, 6) is -2.31. The summed E-state index contributed by atoms with van der Waals surface area (Å²) in [6.45, 7) is 14.0. The monoisotopic (exact) mass is 376 g/mol. The minimum Gasteiger partial charge on any atom is -0.458 e. The van der Waals surface area contributed by atoms with Gasteiger partial charge in [0.25, 0.3) is 0 Å². The van der Waals surface area contributed by atoms with E-state index in [1.807, 2.05) is 20.8 Å². The maximum absolute atomic E-state index is 12.5. The van der Waals surface area contributed by atoms with Crippen LogP contribution in [0.4, 0.5) is 0 Å². The highest BCUT2D eigenvalue weighted by Crippen LogP contribution is 2.60. The van der Waals surface area contributed by atoms with Gasteiger partial charge >= 0.3 is 17.9 Å². The fourth-order valence-corrected chi connectivity index (χ4v) is 4.88. The Hall–Kier alpha value is -2.15. The molecule has 0 bridgehead atoms. The molecule has 0 aromatic heterocycles. The Morgan fingerprint density at radius 3 is 2.37 bits per heavy atom. The van der Waals surface area contributed by atoms with Gasteiger partial charge in [-0.25, -0.2) is 9.59 Å². The molecule has 0 radical (unpaired) electrons. The van der Waals surface area contributed by atoms with Crippen LogP contribution in [0.15, 0.2) is 24.3 Å². The van der Waals surface area contributed by atoms with Crippen LogP contribution in [0, 0.1) is 23.2 Å². The predicted molar refractivity (Wildman–Crippen MR) is 92.2 cm³/mol. The van der Waals surface area contributed by atoms with E-state index in [0.29, 0.717) is 12.2 Å². The van der Waals surface area contributed by atoms with Gasteiger partial charge in [0, 0.05) is 28.9 Å². The number of rotatable bonds is 4. The molecule has 3 saturated heterocycles. The molecule has 0 spiro atoms. The number of ether oxygens (including phenoxy) is 4. The number of hydrogen-bond donors (Lipinski definition) is 0. The van der Waals surface area contributed by atoms with Crippen LogP contribution < -0.4 is 0 Å². The summed E-state index contributed by atoms with van der Waals surface area (Å²) in [6.07, 6.45) is -2.13. The highest BCUT2D eigenvalue weighted by atomic mass is 16.6. The first-order chi connectivity index (χ1) is 12.7. The Labute approximate surface area is 157 Å². The van der Waals surface area contributed by atoms with Crippen molar-refractivity contribution in [1.82, 2.24) is 0 Å². The smallest absolute Gasteiger partial charge is 0.334 e. The SMILES string of the molecule is C=C1C(=O)O[C@@H]2[C@H]1[C@H]1OC(=O)C(=C)[C@H]1[C@@](C)([C@@H]1CO1)[C@H]2OC(=O)CC(C)C. The molecule has 7 heteroatoms. The molecule has 4 aliphatic rings. The van der Waals surface area contributed by atoms with Gasteiger partial charge in [-0.2, -0.15) is 0 Å². The Kier molecular flexibility index (Phi) is 4.00. The molecule has 4 rings (SSSR count). The Morgan fingerprint density at radius 1 is 1.19 bits per heavy atom. The first kappa shape index (κ1) is 18.2. The molecule has 0 N–H and O–H groups in total. The Balaban J connectivity index is 1.78. The summed E-state index contributed by atoms with van der Waals surface area (Å²) in [4.78, 5) is 37.0. The molecule has 3 aliphatic heterocycles. The second-order valence-electron chi connectivity index (χ2n) is 8.49. The Morgan fingerprint density at radius 2 is 1.78 bits per heavy atom. The minimum absolute atomic E-state index is 0.125. The van der Waals surface area contributed by atoms with Gasteiger partial charge in [0.1, 0.15) is 12.2 Å². The van der Waals surface area contributed by atoms with E-state index in [4.69, 9.17) is 18.9 Å². The second kappa shape index (κ2) is 5.92. The zero-order valence-corrected chi connectivity index (χ0v) is 15.7. The van der Waals surface area contributed by atoms with Crippen molar-refractivity contribution in [3.8, 4) is 0 Å². The molecule has 0 aromatic rings. The van der Waals surface area contributed by atoms with Crippen molar-refractivity contribution in [3.05, 3.63) is 24.3 Å². The summed E-state index contributed by atoms with van der Waals surface area (Å²) in [5.41, 5.74) is -0.234. The first-order valence-electron chi connectivity index (χ1n) is 9.26. The first-order valence-corrected chi connectivity index (χ1v) is 9.26. The lowest BCUT2D eigenvalue weighted by Crippen LogP contribution is -2.62. The van der Waals surface area contributed by atoms with Crippen molar-refractivity contribution < 1.29 is 33.3 Å². The van der Waals surface area contributed by atoms with Gasteiger partial charge in [-0.15, -0.1) is 0 Å². The third-order valence-corrected chi connectivity index (χ3v) is 6.27. The van der Waals surface area contributed by atoms with Crippen LogP contribution >= 0.6 is 0 Å². The van der Waals surface area contributed by atoms with E-state index in [9.17, 15) is 14.4 Å². The van der Waals surface area contributed by atoms with Gasteiger partial charge in [-0.05, 0) is 5.92 Å². The van der Waals surface area contributed by atoms with Gasteiger partial charge < -0.3 is 18.9 Å². The molecule has 27 heavy (non-hydrogen) atoms. The average Bonchev–Trinajstić information content (AvgIpc) is 3.33. The molecule has 7 atom stereocenters. The van der Waals surface area contributed by atoms with E-state index in [1.54, 1.807) is 0 Å². The number of epoxide rings is 1. The summed E-state index contributed by atoms with van der Waals surface area (Å²) in [6, 6.07) is 0. The van der Waals surface area contributed by atoms with Crippen LogP contribution in [0.2, 0.25) is 0 Å². The minimum atomic E-state index is -0.785. The molecule has 4 fully saturated rings. The number of esters is 3. The maximum Gasteiger partial charge on any atom is 0.334 e. The summed E-state index contributed by atoms with van der Waals surface area (Å²) in [5, 5.41) is 0. The molecular weight excluding hydrogens is 352 g/mol. The van der Waals surface area contributed by atoms with Crippen LogP contribution in [-0.2, 0) is 33.3 Å². The number of carbonyl (C=O) groups excluding carboxylic acids is 3. The van der Waals surface area contributed by atoms with Crippen molar-refractivity contribution in [1.29, 1.82) is 0 Å². The van der Waals surface area contributed by atoms with E-state index < -0.39 is 47.5 Å². The molecule has 0 aromatic carbocycles. The van der Waals surface area contributed by atoms with Crippen molar-refractivity contribution >= 4 is 17.9 Å². The number of fused-ring (bicyclic) bond motifs is 3. The topological polar surface area (TPSA) is 91.4 Å². The lowest BCUT2D eigenvalue weighted by molar-refractivity contribution is -0.202. The molecule has 7 nitrogen and oxygen atoms in total. The van der Waals surface area contributed by atoms with Crippen LogP contribution in [0.3, 0.4) is 0 Å². The molecule has 0 amide bonds. The van der Waals surface area contributed by atoms with Gasteiger partial charge in [-0.1, -0.05) is 33.9 Å². The van der Waals surface area contributed by atoms with Gasteiger partial charge in [0.15, 0.2) is 6.10 Å². The summed E-state index contributed by atoms with van der Waals surface area (Å²) in [7, 11) is 0. The van der Waals surface area contributed by atoms with Crippen molar-refractivity contribution in [2.24, 2.45) is 23.2 Å². The molecule has 146 valence electrons. The third-order valence-electron chi connectivity index (χ3n) is 6.27. The van der Waals surface area contributed by atoms with E-state index in [1.165, 1.54) is 0 Å². The molecule has 3 heterocycles. The van der Waals surface area contributed by atoms with E-state index in [2.05, 4.69) is 13.2 Å². The van der Waals surface area contributed by atoms with Gasteiger partial charge in [0.05, 0.1) is 18.6 Å². The summed E-state index contributed by atoms with van der Waals surface area (Å²) >= 11 is 0. The maximum atomic E-state index is 12.5. The zero-order chi connectivity index (χ0) is 19.7. The molecule has 1 aliphatic carbocycles. The van der Waals surface area contributed by atoms with Gasteiger partial charge in [-0.3, -0.25) is 4.79 Å². The fourth-order valence-electron chi connectivity index (χ4n) is 4.88. The largest absolute Gasteiger partial charge is 0.458 e. The zero-order valence-electron chi connectivity index (χ0n) is 15.7. The van der Waals surface area contributed by atoms with Crippen molar-refractivity contribution in [2.75, 3.05) is 6.61 Å². The molecular formula is C20H24O7. The fraction of sp³-hybridized carbons (Fsp3) is 0.650. The lowest BCUT2D eigenvalue weighted by Gasteiger charge is -2.50. The molecule has 1 saturated carbocycles. The highest BCUT2D eigenvalue weighted by Gasteiger charge is 2.72. The van der Waals surface area contributed by atoms with Crippen molar-refractivity contribution in [2.45, 2.75) is 51.6 Å². The Bertz CT molecular complexity index is 749. The second-order valence-corrected chi connectivity index (χ2v) is 8.49. The van der Waals surface area contributed by atoms with Crippen LogP contribution in [0.25, 0.3) is 0 Å². The third kappa shape index (κ3) is 2.55. The van der Waals surface area contributed by atoms with Crippen molar-refractivity contribution in [3.63, 3.8) is 0 Å². The highest BCUT2D eigenvalue weighted by molar-refractivity contribution is 5.94. The quantitative estimate of drug-likeness (QED) is 0.318. The van der Waals surface area contributed by atoms with Crippen LogP contribution in [-0.4, -0.2) is 48.9 Å². The average molecular weight is 376 g/mol. The van der Waals surface area contributed by atoms with Gasteiger partial charge in [0.2, 0.25) is 0 Å². The van der Waals surface area contributed by atoms with E-state index in [-0.39, 0.29) is 30.0 Å². The van der Waals surface area contributed by atoms with E-state index >= 15 is 0 Å². The number of carbonyl (C=O) groups is 3. The molecule has 0 unspecified atom stereocenters. The standard InChI is InChI=1S/C20H24O7/c1-8(2)6-12(21)25-17-16-13(9(3)18(22)27-16)15-14(10(4)19(23)26-15)20(17,5)11-7-24-11/h8,11,13-17H,3-4,6-7H2,1-2,5H3/t11-,13+,14+,15+,16+,17-,20+/m0/s1. The van der Waals surface area contributed by atoms with E-state index in [0.717, 1.165) is 0 Å².